The van der Waals surface area contributed by atoms with Crippen molar-refractivity contribution in [2.75, 3.05) is 4.90 Å². The number of hydrogen-bond acceptors (Lipinski definition) is 2. The van der Waals surface area contributed by atoms with Crippen LogP contribution in [0.3, 0.4) is 0 Å². The van der Waals surface area contributed by atoms with E-state index in [4.69, 9.17) is 19.7 Å². The SMILES string of the molecule is [C-]#[N+]c1cccc(C#N)c1-n1c2ccccc2c2cc(N(c3ccc(-c4ccc(-c5ccc(-c6ccccc6)cc5)cc4)cc3)c3ccc4c(c3)c3ccccc3n4-c3c([N+]#[C-])cccc3[N+]#[C-])ccc21. The molecule has 12 rings (SSSR count). The van der Waals surface area contributed by atoms with E-state index in [9.17, 15) is 5.26 Å². The van der Waals surface area contributed by atoms with Crippen molar-refractivity contribution >= 4 is 77.7 Å². The Kier molecular flexibility index (Phi) is 10.2. The average Bonchev–Trinajstić information content (AvgIpc) is 3.95. The van der Waals surface area contributed by atoms with E-state index in [1.165, 1.54) is 11.1 Å². The van der Waals surface area contributed by atoms with Crippen LogP contribution >= 0.6 is 0 Å². The highest BCUT2D eigenvalue weighted by atomic mass is 15.1. The maximum Gasteiger partial charge on any atom is 0.211 e. The molecule has 0 fully saturated rings. The van der Waals surface area contributed by atoms with Gasteiger partial charge in [0.1, 0.15) is 0 Å². The van der Waals surface area contributed by atoms with E-state index in [1.54, 1.807) is 36.4 Å². The molecule has 7 nitrogen and oxygen atoms in total. The second-order valence-corrected chi connectivity index (χ2v) is 17.3. The van der Waals surface area contributed by atoms with Crippen molar-refractivity contribution in [3.63, 3.8) is 0 Å². The van der Waals surface area contributed by atoms with Crippen molar-refractivity contribution in [3.8, 4) is 50.8 Å². The van der Waals surface area contributed by atoms with Crippen molar-refractivity contribution in [2.24, 2.45) is 0 Å². The molecule has 0 aliphatic heterocycles. The smallest absolute Gasteiger partial charge is 0.211 e. The molecular weight excluding hydrogens is 867 g/mol. The van der Waals surface area contributed by atoms with Gasteiger partial charge in [-0.15, -0.1) is 0 Å². The molecule has 12 aromatic rings. The Bertz CT molecular complexity index is 3990. The Hall–Kier alpha value is -10.4. The lowest BCUT2D eigenvalue weighted by Gasteiger charge is -2.26. The quantitative estimate of drug-likeness (QED) is 0.143. The van der Waals surface area contributed by atoms with Gasteiger partial charge in [0.15, 0.2) is 11.4 Å². The largest absolute Gasteiger partial charge is 0.329 e. The van der Waals surface area contributed by atoms with E-state index in [2.05, 4.69) is 176 Å². The number of anilines is 3. The Labute approximate surface area is 410 Å². The summed E-state index contributed by atoms with van der Waals surface area (Å²) in [6.45, 7) is 24.2. The Morgan fingerprint density at radius 1 is 0.338 bits per heavy atom. The number of nitriles is 1. The van der Waals surface area contributed by atoms with Gasteiger partial charge in [-0.05, 0) is 100 Å². The summed E-state index contributed by atoms with van der Waals surface area (Å²) < 4.78 is 4.10. The fourth-order valence-electron chi connectivity index (χ4n) is 10.1. The minimum atomic E-state index is 0.402. The topological polar surface area (TPSA) is 50.0 Å². The van der Waals surface area contributed by atoms with Crippen LogP contribution in [0.2, 0.25) is 0 Å². The van der Waals surface area contributed by atoms with E-state index in [0.717, 1.165) is 82.9 Å². The molecule has 0 bridgehead atoms. The summed E-state index contributed by atoms with van der Waals surface area (Å²) in [6.07, 6.45) is 0. The normalized spacial score (nSPS) is 11.0. The zero-order chi connectivity index (χ0) is 48.0. The first-order chi connectivity index (χ1) is 35.0. The molecule has 0 aliphatic carbocycles. The molecule has 0 N–H and O–H groups in total. The van der Waals surface area contributed by atoms with Crippen LogP contribution in [0, 0.1) is 31.0 Å². The lowest BCUT2D eigenvalue weighted by atomic mass is 9.98. The number of nitrogens with zero attached hydrogens (tertiary/aromatic N) is 7. The van der Waals surface area contributed by atoms with Crippen LogP contribution in [-0.4, -0.2) is 9.13 Å². The zero-order valence-electron chi connectivity index (χ0n) is 38.0. The van der Waals surface area contributed by atoms with Gasteiger partial charge < -0.3 is 14.0 Å². The molecular formula is C64H37N7. The highest BCUT2D eigenvalue weighted by molar-refractivity contribution is 6.13. The van der Waals surface area contributed by atoms with Crippen molar-refractivity contribution in [1.82, 2.24) is 9.13 Å². The van der Waals surface area contributed by atoms with E-state index in [1.807, 2.05) is 47.0 Å². The molecule has 0 spiro atoms. The maximum atomic E-state index is 10.3. The third kappa shape index (κ3) is 7.03. The molecule has 328 valence electrons. The van der Waals surface area contributed by atoms with E-state index < -0.39 is 0 Å². The van der Waals surface area contributed by atoms with Gasteiger partial charge in [-0.2, -0.15) is 5.26 Å². The third-order valence-corrected chi connectivity index (χ3v) is 13.4. The van der Waals surface area contributed by atoms with Gasteiger partial charge in [0.05, 0.1) is 64.8 Å². The van der Waals surface area contributed by atoms with Crippen molar-refractivity contribution in [1.29, 1.82) is 5.26 Å². The molecule has 71 heavy (non-hydrogen) atoms. The molecule has 7 heteroatoms. The molecule has 2 aromatic heterocycles. The molecule has 0 saturated heterocycles. The summed E-state index contributed by atoms with van der Waals surface area (Å²) in [5.41, 5.74) is 16.0. The Balaban J connectivity index is 1.01. The molecule has 0 radical (unpaired) electrons. The van der Waals surface area contributed by atoms with Gasteiger partial charge in [0, 0.05) is 38.6 Å². The van der Waals surface area contributed by atoms with Crippen LogP contribution in [-0.2, 0) is 0 Å². The van der Waals surface area contributed by atoms with E-state index in [0.29, 0.717) is 34.0 Å². The van der Waals surface area contributed by atoms with Crippen LogP contribution in [0.4, 0.5) is 34.1 Å². The van der Waals surface area contributed by atoms with Crippen LogP contribution in [0.15, 0.2) is 224 Å². The maximum absolute atomic E-state index is 10.3. The first-order valence-electron chi connectivity index (χ1n) is 23.1. The fourth-order valence-corrected chi connectivity index (χ4v) is 10.1. The van der Waals surface area contributed by atoms with E-state index in [-0.39, 0.29) is 0 Å². The fraction of sp³-hybridized carbons (Fsp3) is 0. The van der Waals surface area contributed by atoms with Gasteiger partial charge in [0.25, 0.3) is 0 Å². The molecule has 0 amide bonds. The monoisotopic (exact) mass is 903 g/mol. The van der Waals surface area contributed by atoms with Crippen LogP contribution in [0.1, 0.15) is 5.56 Å². The average molecular weight is 904 g/mol. The lowest BCUT2D eigenvalue weighted by Crippen LogP contribution is -2.10. The summed E-state index contributed by atoms with van der Waals surface area (Å²) >= 11 is 0. The predicted molar refractivity (Wildman–Crippen MR) is 290 cm³/mol. The highest BCUT2D eigenvalue weighted by Crippen LogP contribution is 2.45. The van der Waals surface area contributed by atoms with E-state index >= 15 is 0 Å². The molecule has 0 saturated carbocycles. The Morgan fingerprint density at radius 2 is 0.704 bits per heavy atom. The minimum Gasteiger partial charge on any atom is -0.329 e. The summed E-state index contributed by atoms with van der Waals surface area (Å²) in [5.74, 6) is 0. The molecule has 0 unspecified atom stereocenters. The number of fused-ring (bicyclic) bond motifs is 6. The van der Waals surface area contributed by atoms with Gasteiger partial charge in [-0.3, -0.25) is 0 Å². The Morgan fingerprint density at radius 3 is 1.17 bits per heavy atom. The summed E-state index contributed by atoms with van der Waals surface area (Å²) in [7, 11) is 0. The lowest BCUT2D eigenvalue weighted by molar-refractivity contribution is 1.17. The number of benzene rings is 10. The third-order valence-electron chi connectivity index (χ3n) is 13.4. The second-order valence-electron chi connectivity index (χ2n) is 17.3. The molecule has 2 heterocycles. The van der Waals surface area contributed by atoms with Crippen LogP contribution in [0.25, 0.3) is 103 Å². The van der Waals surface area contributed by atoms with Gasteiger partial charge in [0.2, 0.25) is 5.69 Å². The van der Waals surface area contributed by atoms with Crippen molar-refractivity contribution < 1.29 is 0 Å². The molecule has 0 atom stereocenters. The molecule has 10 aromatic carbocycles. The summed E-state index contributed by atoms with van der Waals surface area (Å²) in [6, 6.07) is 78.5. The summed E-state index contributed by atoms with van der Waals surface area (Å²) in [5, 5.41) is 14.2. The number of para-hydroxylation sites is 4. The highest BCUT2D eigenvalue weighted by Gasteiger charge is 2.23. The summed E-state index contributed by atoms with van der Waals surface area (Å²) in [4.78, 5) is 13.8. The minimum absolute atomic E-state index is 0.402. The van der Waals surface area contributed by atoms with Crippen LogP contribution in [0.5, 0.6) is 0 Å². The number of rotatable bonds is 8. The van der Waals surface area contributed by atoms with Gasteiger partial charge in [-0.25, -0.2) is 14.5 Å². The standard InChI is InChI=1S/C64H37N7/c1-66-56-18-11-15-48(41-65)63(56)70-59-21-9-7-16-52(59)54-39-50(35-37-61(54)70)69(51-36-38-62-55(40-51)53-17-8-10-22-60(53)71(62)64-57(67-2)19-12-20-58(64)68-3)49-33-31-47(32-34-49)46-29-27-45(28-30-46)44-25-23-43(24-26-44)42-13-5-4-6-14-42/h4-40H. The first-order valence-corrected chi connectivity index (χ1v) is 23.1. The second kappa shape index (κ2) is 17.3. The van der Waals surface area contributed by atoms with Crippen LogP contribution < -0.4 is 4.90 Å². The van der Waals surface area contributed by atoms with Gasteiger partial charge >= 0.3 is 0 Å². The van der Waals surface area contributed by atoms with Gasteiger partial charge in [-0.1, -0.05) is 158 Å². The zero-order valence-corrected chi connectivity index (χ0v) is 38.0. The number of hydrogen-bond donors (Lipinski definition) is 0. The molecule has 0 aliphatic rings. The predicted octanol–water partition coefficient (Wildman–Crippen LogP) is 17.9. The van der Waals surface area contributed by atoms with Crippen molar-refractivity contribution in [3.05, 3.63) is 264 Å². The van der Waals surface area contributed by atoms with Crippen molar-refractivity contribution in [2.45, 2.75) is 0 Å². The number of aromatic nitrogens is 2. The first kappa shape index (κ1) is 42.0.